The summed E-state index contributed by atoms with van der Waals surface area (Å²) in [6.45, 7) is 3.53. The fourth-order valence-corrected chi connectivity index (χ4v) is 2.96. The van der Waals surface area contributed by atoms with Gasteiger partial charge in [-0.1, -0.05) is 23.4 Å². The molecule has 0 aliphatic carbocycles. The SMILES string of the molecule is C/C(=N/OCC(=O)Nc1cccc(-c2ccnc(C)n2)c1)c1cccs1. The van der Waals surface area contributed by atoms with Crippen LogP contribution in [0.3, 0.4) is 0 Å². The van der Waals surface area contributed by atoms with Gasteiger partial charge in [0.25, 0.3) is 5.91 Å². The Labute approximate surface area is 155 Å². The Kier molecular flexibility index (Phi) is 5.70. The van der Waals surface area contributed by atoms with E-state index in [4.69, 9.17) is 4.84 Å². The Morgan fingerprint density at radius 1 is 1.27 bits per heavy atom. The topological polar surface area (TPSA) is 76.5 Å². The summed E-state index contributed by atoms with van der Waals surface area (Å²) in [7, 11) is 0. The molecule has 6 nitrogen and oxygen atoms in total. The lowest BCUT2D eigenvalue weighted by atomic mass is 10.1. The third kappa shape index (κ3) is 4.73. The van der Waals surface area contributed by atoms with Crippen molar-refractivity contribution in [3.8, 4) is 11.3 Å². The van der Waals surface area contributed by atoms with Gasteiger partial charge in [-0.25, -0.2) is 9.97 Å². The molecule has 0 saturated carbocycles. The summed E-state index contributed by atoms with van der Waals surface area (Å²) in [5.41, 5.74) is 3.13. The monoisotopic (exact) mass is 366 g/mol. The van der Waals surface area contributed by atoms with Gasteiger partial charge in [0, 0.05) is 17.4 Å². The lowest BCUT2D eigenvalue weighted by Gasteiger charge is -2.07. The summed E-state index contributed by atoms with van der Waals surface area (Å²) < 4.78 is 0. The van der Waals surface area contributed by atoms with Gasteiger partial charge >= 0.3 is 0 Å². The molecule has 26 heavy (non-hydrogen) atoms. The Morgan fingerprint density at radius 3 is 2.92 bits per heavy atom. The van der Waals surface area contributed by atoms with E-state index in [-0.39, 0.29) is 12.5 Å². The van der Waals surface area contributed by atoms with Crippen molar-refractivity contribution in [1.29, 1.82) is 0 Å². The number of rotatable bonds is 6. The number of nitrogens with zero attached hydrogens (tertiary/aromatic N) is 3. The molecule has 132 valence electrons. The Morgan fingerprint density at radius 2 is 2.15 bits per heavy atom. The van der Waals surface area contributed by atoms with E-state index in [9.17, 15) is 4.79 Å². The van der Waals surface area contributed by atoms with Crippen LogP contribution in [0.4, 0.5) is 5.69 Å². The summed E-state index contributed by atoms with van der Waals surface area (Å²) in [6, 6.07) is 13.2. The molecule has 0 unspecified atom stereocenters. The minimum absolute atomic E-state index is 0.153. The highest BCUT2D eigenvalue weighted by molar-refractivity contribution is 7.12. The molecule has 7 heteroatoms. The fourth-order valence-electron chi connectivity index (χ4n) is 2.29. The van der Waals surface area contributed by atoms with Crippen LogP contribution in [0.2, 0.25) is 0 Å². The average Bonchev–Trinajstić information content (AvgIpc) is 3.17. The van der Waals surface area contributed by atoms with Crippen molar-refractivity contribution in [2.75, 3.05) is 11.9 Å². The van der Waals surface area contributed by atoms with E-state index in [0.29, 0.717) is 11.5 Å². The normalized spacial score (nSPS) is 11.2. The molecule has 0 spiro atoms. The third-order valence-corrected chi connectivity index (χ3v) is 4.47. The molecule has 1 amide bonds. The molecule has 1 N–H and O–H groups in total. The van der Waals surface area contributed by atoms with Gasteiger partial charge in [-0.3, -0.25) is 4.79 Å². The highest BCUT2D eigenvalue weighted by atomic mass is 32.1. The molecule has 2 heterocycles. The largest absolute Gasteiger partial charge is 0.385 e. The van der Waals surface area contributed by atoms with Crippen LogP contribution in [-0.4, -0.2) is 28.2 Å². The lowest BCUT2D eigenvalue weighted by Crippen LogP contribution is -2.17. The van der Waals surface area contributed by atoms with E-state index in [1.807, 2.05) is 61.7 Å². The van der Waals surface area contributed by atoms with Crippen LogP contribution in [0.25, 0.3) is 11.3 Å². The van der Waals surface area contributed by atoms with Crippen LogP contribution in [0.1, 0.15) is 17.6 Å². The highest BCUT2D eigenvalue weighted by Crippen LogP contribution is 2.20. The smallest absolute Gasteiger partial charge is 0.265 e. The van der Waals surface area contributed by atoms with Crippen molar-refractivity contribution < 1.29 is 9.63 Å². The zero-order valence-corrected chi connectivity index (χ0v) is 15.3. The summed E-state index contributed by atoms with van der Waals surface area (Å²) in [5.74, 6) is 0.424. The number of anilines is 1. The first-order valence-electron chi connectivity index (χ1n) is 8.02. The summed E-state index contributed by atoms with van der Waals surface area (Å²) in [4.78, 5) is 26.7. The van der Waals surface area contributed by atoms with Crippen LogP contribution in [0.5, 0.6) is 0 Å². The average molecular weight is 366 g/mol. The van der Waals surface area contributed by atoms with E-state index in [0.717, 1.165) is 21.8 Å². The zero-order valence-electron chi connectivity index (χ0n) is 14.5. The number of benzene rings is 1. The molecular formula is C19H18N4O2S. The van der Waals surface area contributed by atoms with Crippen molar-refractivity contribution in [1.82, 2.24) is 9.97 Å². The quantitative estimate of drug-likeness (QED) is 0.530. The van der Waals surface area contributed by atoms with Gasteiger partial charge in [0.1, 0.15) is 5.82 Å². The molecule has 3 aromatic rings. The molecular weight excluding hydrogens is 348 g/mol. The molecule has 1 aromatic carbocycles. The van der Waals surface area contributed by atoms with Gasteiger partial charge in [0.05, 0.1) is 16.3 Å². The lowest BCUT2D eigenvalue weighted by molar-refractivity contribution is -0.120. The van der Waals surface area contributed by atoms with E-state index in [1.54, 1.807) is 17.5 Å². The Balaban J connectivity index is 1.59. The first-order valence-corrected chi connectivity index (χ1v) is 8.90. The van der Waals surface area contributed by atoms with Gasteiger partial charge in [0.2, 0.25) is 0 Å². The first kappa shape index (κ1) is 17.8. The van der Waals surface area contributed by atoms with Crippen molar-refractivity contribution in [2.45, 2.75) is 13.8 Å². The minimum Gasteiger partial charge on any atom is -0.385 e. The number of hydrogen-bond donors (Lipinski definition) is 1. The van der Waals surface area contributed by atoms with Crippen LogP contribution in [-0.2, 0) is 9.63 Å². The predicted octanol–water partition coefficient (Wildman–Crippen LogP) is 3.89. The molecule has 0 fully saturated rings. The second kappa shape index (κ2) is 8.35. The molecule has 2 aromatic heterocycles. The van der Waals surface area contributed by atoms with Crippen molar-refractivity contribution in [3.63, 3.8) is 0 Å². The maximum atomic E-state index is 12.1. The maximum absolute atomic E-state index is 12.1. The predicted molar refractivity (Wildman–Crippen MR) is 103 cm³/mol. The Bertz CT molecular complexity index is 923. The third-order valence-electron chi connectivity index (χ3n) is 3.49. The van der Waals surface area contributed by atoms with Crippen LogP contribution in [0.15, 0.2) is 59.2 Å². The first-order chi connectivity index (χ1) is 12.6. The van der Waals surface area contributed by atoms with Gasteiger partial charge in [0.15, 0.2) is 6.61 Å². The second-order valence-corrected chi connectivity index (χ2v) is 6.49. The van der Waals surface area contributed by atoms with Crippen LogP contribution in [0, 0.1) is 6.92 Å². The fraction of sp³-hybridized carbons (Fsp3) is 0.158. The number of aromatic nitrogens is 2. The minimum atomic E-state index is -0.274. The van der Waals surface area contributed by atoms with E-state index in [1.165, 1.54) is 0 Å². The highest BCUT2D eigenvalue weighted by Gasteiger charge is 2.06. The zero-order chi connectivity index (χ0) is 18.4. The van der Waals surface area contributed by atoms with Crippen molar-refractivity contribution >= 4 is 28.6 Å². The van der Waals surface area contributed by atoms with Gasteiger partial charge < -0.3 is 10.2 Å². The summed E-state index contributed by atoms with van der Waals surface area (Å²) in [6.07, 6.45) is 1.71. The number of amides is 1. The standard InChI is InChI=1S/C19H18N4O2S/c1-13(18-7-4-10-26-18)23-25-12-19(24)22-16-6-3-5-15(11-16)17-8-9-20-14(2)21-17/h3-11H,12H2,1-2H3,(H,22,24)/b23-13-. The molecule has 0 atom stereocenters. The second-order valence-electron chi connectivity index (χ2n) is 5.55. The van der Waals surface area contributed by atoms with E-state index in [2.05, 4.69) is 20.4 Å². The molecule has 0 saturated heterocycles. The number of oxime groups is 1. The molecule has 0 aliphatic rings. The van der Waals surface area contributed by atoms with Crippen LogP contribution < -0.4 is 5.32 Å². The number of aryl methyl sites for hydroxylation is 1. The number of carbonyl (C=O) groups excluding carboxylic acids is 1. The summed E-state index contributed by atoms with van der Waals surface area (Å²) >= 11 is 1.57. The summed E-state index contributed by atoms with van der Waals surface area (Å²) in [5, 5.41) is 8.74. The Hall–Kier alpha value is -3.06. The molecule has 0 radical (unpaired) electrons. The maximum Gasteiger partial charge on any atom is 0.265 e. The molecule has 0 bridgehead atoms. The van der Waals surface area contributed by atoms with Crippen molar-refractivity contribution in [2.24, 2.45) is 5.16 Å². The number of thiophene rings is 1. The number of nitrogens with one attached hydrogen (secondary N) is 1. The number of hydrogen-bond acceptors (Lipinski definition) is 6. The van der Waals surface area contributed by atoms with Gasteiger partial charge in [-0.05, 0) is 43.5 Å². The van der Waals surface area contributed by atoms with E-state index >= 15 is 0 Å². The van der Waals surface area contributed by atoms with Crippen LogP contribution >= 0.6 is 11.3 Å². The number of carbonyl (C=O) groups is 1. The van der Waals surface area contributed by atoms with Gasteiger partial charge in [-0.15, -0.1) is 11.3 Å². The molecule has 3 rings (SSSR count). The molecule has 0 aliphatic heterocycles. The van der Waals surface area contributed by atoms with Gasteiger partial charge in [-0.2, -0.15) is 0 Å². The van der Waals surface area contributed by atoms with Crippen molar-refractivity contribution in [3.05, 3.63) is 64.7 Å². The van der Waals surface area contributed by atoms with E-state index < -0.39 is 0 Å².